The van der Waals surface area contributed by atoms with Crippen LogP contribution >= 0.6 is 0 Å². The molecule has 0 fully saturated rings. The number of amides is 1. The lowest BCUT2D eigenvalue weighted by Crippen LogP contribution is -2.38. The van der Waals surface area contributed by atoms with E-state index in [1.54, 1.807) is 44.2 Å². The van der Waals surface area contributed by atoms with Crippen LogP contribution in [-0.4, -0.2) is 27.3 Å². The Hall–Kier alpha value is -2.93. The van der Waals surface area contributed by atoms with E-state index in [2.05, 4.69) is 10.4 Å². The van der Waals surface area contributed by atoms with Crippen molar-refractivity contribution in [1.82, 2.24) is 15.1 Å². The predicted octanol–water partition coefficient (Wildman–Crippen LogP) is 2.55. The average Bonchev–Trinajstić information content (AvgIpc) is 3.24. The van der Waals surface area contributed by atoms with Gasteiger partial charge >= 0.3 is 0 Å². The molecular weight excluding hydrogens is 325 g/mol. The third-order valence-corrected chi connectivity index (χ3v) is 3.98. The molecule has 0 bridgehead atoms. The highest BCUT2D eigenvalue weighted by Crippen LogP contribution is 2.21. The van der Waals surface area contributed by atoms with Gasteiger partial charge in [-0.3, -0.25) is 4.79 Å². The van der Waals surface area contributed by atoms with Crippen LogP contribution in [0.2, 0.25) is 0 Å². The summed E-state index contributed by atoms with van der Waals surface area (Å²) in [6.45, 7) is 3.18. The number of rotatable bonds is 5. The molecule has 6 nitrogen and oxygen atoms in total. The van der Waals surface area contributed by atoms with E-state index < -0.39 is 17.3 Å². The molecule has 3 aromatic rings. The first-order valence-corrected chi connectivity index (χ1v) is 7.74. The molecule has 0 aliphatic heterocycles. The zero-order valence-corrected chi connectivity index (χ0v) is 13.9. The normalized spacial score (nSPS) is 13.4. The van der Waals surface area contributed by atoms with Gasteiger partial charge in [0.2, 0.25) is 0 Å². The molecule has 0 saturated heterocycles. The number of carbonyl (C=O) groups excluding carboxylic acids is 1. The zero-order valence-electron chi connectivity index (χ0n) is 13.9. The lowest BCUT2D eigenvalue weighted by molar-refractivity contribution is 0.0330. The maximum absolute atomic E-state index is 13.9. The summed E-state index contributed by atoms with van der Waals surface area (Å²) in [5, 5.41) is 17.1. The van der Waals surface area contributed by atoms with Gasteiger partial charge in [-0.2, -0.15) is 5.10 Å². The van der Waals surface area contributed by atoms with E-state index in [9.17, 15) is 14.3 Å². The lowest BCUT2D eigenvalue weighted by atomic mass is 10.0. The summed E-state index contributed by atoms with van der Waals surface area (Å²) in [7, 11) is 0. The maximum Gasteiger partial charge on any atom is 0.254 e. The Morgan fingerprint density at radius 3 is 2.80 bits per heavy atom. The second-order valence-electron chi connectivity index (χ2n) is 5.94. The van der Waals surface area contributed by atoms with Crippen LogP contribution in [0.5, 0.6) is 0 Å². The van der Waals surface area contributed by atoms with E-state index in [1.807, 2.05) is 0 Å². The maximum atomic E-state index is 13.9. The van der Waals surface area contributed by atoms with Gasteiger partial charge in [0.15, 0.2) is 0 Å². The van der Waals surface area contributed by atoms with E-state index in [0.29, 0.717) is 17.0 Å². The van der Waals surface area contributed by atoms with Crippen molar-refractivity contribution < 1.29 is 18.7 Å². The summed E-state index contributed by atoms with van der Waals surface area (Å²) in [4.78, 5) is 12.4. The van der Waals surface area contributed by atoms with E-state index >= 15 is 0 Å². The molecule has 2 aromatic heterocycles. The number of halogens is 1. The highest BCUT2D eigenvalue weighted by molar-refractivity contribution is 5.95. The number of hydrogen-bond acceptors (Lipinski definition) is 4. The van der Waals surface area contributed by atoms with E-state index in [0.717, 1.165) is 0 Å². The van der Waals surface area contributed by atoms with Crippen LogP contribution in [0.3, 0.4) is 0 Å². The van der Waals surface area contributed by atoms with Gasteiger partial charge in [-0.05, 0) is 38.1 Å². The van der Waals surface area contributed by atoms with Crippen LogP contribution in [0.15, 0.2) is 53.3 Å². The summed E-state index contributed by atoms with van der Waals surface area (Å²) in [5.74, 6) is -0.486. The molecule has 2 heterocycles. The Labute approximate surface area is 143 Å². The molecule has 1 amide bonds. The quantitative estimate of drug-likeness (QED) is 0.746. The first kappa shape index (κ1) is 16.9. The van der Waals surface area contributed by atoms with Crippen LogP contribution in [0, 0.1) is 12.7 Å². The number of hydrogen-bond donors (Lipinski definition) is 2. The standard InChI is InChI=1S/C18H18FN3O3/c1-12-13(10-21-22(12)15-7-4-3-6-14(15)19)17(23)20-11-18(2,24)16-8-5-9-25-16/h3-10,24H,11H2,1-2H3,(H,20,23). The van der Waals surface area contributed by atoms with E-state index in [-0.39, 0.29) is 12.2 Å². The van der Waals surface area contributed by atoms with Gasteiger partial charge in [0, 0.05) is 0 Å². The minimum absolute atomic E-state index is 0.0380. The molecule has 0 saturated carbocycles. The Balaban J connectivity index is 1.77. The predicted molar refractivity (Wildman–Crippen MR) is 88.9 cm³/mol. The summed E-state index contributed by atoms with van der Waals surface area (Å²) in [6.07, 6.45) is 2.83. The summed E-state index contributed by atoms with van der Waals surface area (Å²) >= 11 is 0. The first-order valence-electron chi connectivity index (χ1n) is 7.74. The van der Waals surface area contributed by atoms with E-state index in [1.165, 1.54) is 23.2 Å². The Kier molecular flexibility index (Phi) is 4.41. The van der Waals surface area contributed by atoms with Gasteiger partial charge in [0.1, 0.15) is 22.9 Å². The van der Waals surface area contributed by atoms with Gasteiger partial charge in [-0.1, -0.05) is 12.1 Å². The van der Waals surface area contributed by atoms with Crippen molar-refractivity contribution in [3.8, 4) is 5.69 Å². The fraction of sp³-hybridized carbons (Fsp3) is 0.222. The Morgan fingerprint density at radius 1 is 1.36 bits per heavy atom. The number of carbonyl (C=O) groups is 1. The summed E-state index contributed by atoms with van der Waals surface area (Å²) < 4.78 is 20.5. The zero-order chi connectivity index (χ0) is 18.0. The van der Waals surface area contributed by atoms with Crippen molar-refractivity contribution in [1.29, 1.82) is 0 Å². The Bertz CT molecular complexity index is 885. The summed E-state index contributed by atoms with van der Waals surface area (Å²) in [5.41, 5.74) is -0.269. The number of aliphatic hydroxyl groups is 1. The first-order chi connectivity index (χ1) is 11.9. The third kappa shape index (κ3) is 3.32. The second kappa shape index (κ2) is 6.52. The van der Waals surface area contributed by atoms with Crippen molar-refractivity contribution >= 4 is 5.91 Å². The lowest BCUT2D eigenvalue weighted by Gasteiger charge is -2.21. The highest BCUT2D eigenvalue weighted by atomic mass is 19.1. The molecule has 0 radical (unpaired) electrons. The van der Waals surface area contributed by atoms with Crippen molar-refractivity contribution in [2.45, 2.75) is 19.4 Å². The van der Waals surface area contributed by atoms with Gasteiger partial charge in [0.05, 0.1) is 30.3 Å². The third-order valence-electron chi connectivity index (χ3n) is 3.98. The minimum Gasteiger partial charge on any atom is -0.466 e. The highest BCUT2D eigenvalue weighted by Gasteiger charge is 2.27. The number of nitrogens with zero attached hydrogens (tertiary/aromatic N) is 2. The molecule has 2 N–H and O–H groups in total. The molecular formula is C18H18FN3O3. The van der Waals surface area contributed by atoms with Gasteiger partial charge in [0.25, 0.3) is 5.91 Å². The van der Waals surface area contributed by atoms with Crippen LogP contribution < -0.4 is 5.32 Å². The van der Waals surface area contributed by atoms with E-state index in [4.69, 9.17) is 4.42 Å². The van der Waals surface area contributed by atoms with Crippen LogP contribution in [-0.2, 0) is 5.60 Å². The molecule has 0 aliphatic carbocycles. The van der Waals surface area contributed by atoms with Crippen molar-refractivity contribution in [2.24, 2.45) is 0 Å². The smallest absolute Gasteiger partial charge is 0.254 e. The van der Waals surface area contributed by atoms with Crippen molar-refractivity contribution in [3.05, 3.63) is 71.7 Å². The van der Waals surface area contributed by atoms with Gasteiger partial charge in [-0.25, -0.2) is 9.07 Å². The molecule has 1 aromatic carbocycles. The monoisotopic (exact) mass is 343 g/mol. The molecule has 0 spiro atoms. The summed E-state index contributed by atoms with van der Waals surface area (Å²) in [6, 6.07) is 9.49. The number of benzene rings is 1. The number of nitrogens with one attached hydrogen (secondary N) is 1. The molecule has 1 unspecified atom stereocenters. The fourth-order valence-electron chi connectivity index (χ4n) is 2.52. The number of furan rings is 1. The average molecular weight is 343 g/mol. The SMILES string of the molecule is Cc1c(C(=O)NCC(C)(O)c2ccco2)cnn1-c1ccccc1F. The fourth-order valence-corrected chi connectivity index (χ4v) is 2.52. The van der Waals surface area contributed by atoms with Crippen LogP contribution in [0.1, 0.15) is 28.7 Å². The minimum atomic E-state index is -1.34. The Morgan fingerprint density at radius 2 is 2.12 bits per heavy atom. The van der Waals surface area contributed by atoms with Crippen LogP contribution in [0.4, 0.5) is 4.39 Å². The molecule has 25 heavy (non-hydrogen) atoms. The van der Waals surface area contributed by atoms with Crippen molar-refractivity contribution in [3.63, 3.8) is 0 Å². The van der Waals surface area contributed by atoms with Gasteiger partial charge < -0.3 is 14.8 Å². The van der Waals surface area contributed by atoms with Crippen molar-refractivity contribution in [2.75, 3.05) is 6.54 Å². The molecule has 130 valence electrons. The number of para-hydroxylation sites is 1. The topological polar surface area (TPSA) is 80.3 Å². The molecule has 0 aliphatic rings. The molecule has 7 heteroatoms. The molecule has 3 rings (SSSR count). The van der Waals surface area contributed by atoms with Gasteiger partial charge in [-0.15, -0.1) is 0 Å². The largest absolute Gasteiger partial charge is 0.466 e. The number of aromatic nitrogens is 2. The van der Waals surface area contributed by atoms with Crippen LogP contribution in [0.25, 0.3) is 5.69 Å². The second-order valence-corrected chi connectivity index (χ2v) is 5.94. The molecule has 1 atom stereocenters.